The minimum Gasteiger partial charge on any atom is -0.341 e. The zero-order valence-corrected chi connectivity index (χ0v) is 16.6. The Morgan fingerprint density at radius 3 is 2.77 bits per heavy atom. The predicted molar refractivity (Wildman–Crippen MR) is 110 cm³/mol. The van der Waals surface area contributed by atoms with Crippen LogP contribution in [-0.2, 0) is 11.2 Å². The fraction of sp³-hybridized carbons (Fsp3) is 0.591. The fourth-order valence-electron chi connectivity index (χ4n) is 4.90. The van der Waals surface area contributed by atoms with E-state index in [1.807, 2.05) is 7.05 Å². The first-order chi connectivity index (χ1) is 12.7. The van der Waals surface area contributed by atoms with Gasteiger partial charge in [0.25, 0.3) is 0 Å². The van der Waals surface area contributed by atoms with E-state index in [1.54, 1.807) is 11.3 Å². The Kier molecular flexibility index (Phi) is 5.60. The van der Waals surface area contributed by atoms with Gasteiger partial charge in [0.1, 0.15) is 0 Å². The molecule has 2 heterocycles. The zero-order valence-electron chi connectivity index (χ0n) is 15.8. The van der Waals surface area contributed by atoms with Crippen molar-refractivity contribution < 1.29 is 4.79 Å². The van der Waals surface area contributed by atoms with Gasteiger partial charge in [-0.05, 0) is 67.2 Å². The lowest BCUT2D eigenvalue weighted by Gasteiger charge is -2.45. The van der Waals surface area contributed by atoms with Gasteiger partial charge in [-0.2, -0.15) is 0 Å². The summed E-state index contributed by atoms with van der Waals surface area (Å²) in [4.78, 5) is 17.9. The quantitative estimate of drug-likeness (QED) is 0.779. The predicted octanol–water partition coefficient (Wildman–Crippen LogP) is 4.70. The van der Waals surface area contributed by atoms with E-state index in [-0.39, 0.29) is 5.91 Å². The standard InChI is InChI=1S/C22H30N2OS/c1-23(19-9-3-4-10-20(19)24-13-5-2-6-14-24)22(25)16-17-8-7-11-21-18(17)12-15-26-21/h7-8,11-12,15,19-20H,2-6,9-10,13-14,16H2,1H3/t19-,20-/m1/s1. The number of nitrogens with zero attached hydrogens (tertiary/aromatic N) is 2. The van der Waals surface area contributed by atoms with Crippen LogP contribution in [0.3, 0.4) is 0 Å². The average Bonchev–Trinajstić information content (AvgIpc) is 3.18. The summed E-state index contributed by atoms with van der Waals surface area (Å²) in [6.45, 7) is 2.44. The summed E-state index contributed by atoms with van der Waals surface area (Å²) in [5.41, 5.74) is 1.17. The molecule has 26 heavy (non-hydrogen) atoms. The highest BCUT2D eigenvalue weighted by Crippen LogP contribution is 2.30. The van der Waals surface area contributed by atoms with Gasteiger partial charge in [0.2, 0.25) is 5.91 Å². The number of benzene rings is 1. The first-order valence-corrected chi connectivity index (χ1v) is 11.1. The lowest BCUT2D eigenvalue weighted by molar-refractivity contribution is -0.133. The number of carbonyl (C=O) groups is 1. The minimum atomic E-state index is 0.276. The molecule has 1 aliphatic heterocycles. The van der Waals surface area contributed by atoms with Gasteiger partial charge in [-0.25, -0.2) is 0 Å². The molecule has 0 N–H and O–H groups in total. The second kappa shape index (κ2) is 8.10. The van der Waals surface area contributed by atoms with Gasteiger partial charge < -0.3 is 4.90 Å². The van der Waals surface area contributed by atoms with Crippen LogP contribution in [0.2, 0.25) is 0 Å². The van der Waals surface area contributed by atoms with Crippen molar-refractivity contribution >= 4 is 27.3 Å². The van der Waals surface area contributed by atoms with Crippen molar-refractivity contribution in [1.82, 2.24) is 9.80 Å². The van der Waals surface area contributed by atoms with Crippen LogP contribution in [0.1, 0.15) is 50.5 Å². The molecule has 0 bridgehead atoms. The van der Waals surface area contributed by atoms with Crippen LogP contribution in [0.15, 0.2) is 29.6 Å². The number of amides is 1. The summed E-state index contributed by atoms with van der Waals surface area (Å²) < 4.78 is 1.28. The number of fused-ring (bicyclic) bond motifs is 1. The molecule has 2 fully saturated rings. The molecule has 1 aliphatic carbocycles. The van der Waals surface area contributed by atoms with Crippen LogP contribution in [0.5, 0.6) is 0 Å². The molecule has 4 heteroatoms. The van der Waals surface area contributed by atoms with Crippen LogP contribution < -0.4 is 0 Å². The summed E-state index contributed by atoms with van der Waals surface area (Å²) in [6, 6.07) is 9.44. The van der Waals surface area contributed by atoms with Crippen molar-refractivity contribution in [3.63, 3.8) is 0 Å². The van der Waals surface area contributed by atoms with E-state index in [9.17, 15) is 4.79 Å². The van der Waals surface area contributed by atoms with Crippen LogP contribution in [0.4, 0.5) is 0 Å². The molecule has 0 radical (unpaired) electrons. The molecule has 140 valence electrons. The number of thiophene rings is 1. The highest BCUT2D eigenvalue weighted by Gasteiger charge is 2.34. The molecular formula is C22H30N2OS. The number of likely N-dealkylation sites (tertiary alicyclic amines) is 1. The van der Waals surface area contributed by atoms with Crippen LogP contribution in [0, 0.1) is 0 Å². The average molecular weight is 371 g/mol. The van der Waals surface area contributed by atoms with Crippen LogP contribution in [-0.4, -0.2) is 47.9 Å². The molecule has 1 aromatic carbocycles. The summed E-state index contributed by atoms with van der Waals surface area (Å²) in [6.07, 6.45) is 9.51. The Hall–Kier alpha value is -1.39. The van der Waals surface area contributed by atoms with Gasteiger partial charge in [-0.1, -0.05) is 31.4 Å². The molecular weight excluding hydrogens is 340 g/mol. The number of rotatable bonds is 4. The third-order valence-corrected chi connectivity index (χ3v) is 7.25. The van der Waals surface area contributed by atoms with E-state index < -0.39 is 0 Å². The lowest BCUT2D eigenvalue weighted by Crippen LogP contribution is -2.55. The molecule has 2 aliphatic rings. The van der Waals surface area contributed by atoms with E-state index in [2.05, 4.69) is 39.4 Å². The molecule has 0 unspecified atom stereocenters. The highest BCUT2D eigenvalue weighted by molar-refractivity contribution is 7.17. The van der Waals surface area contributed by atoms with Gasteiger partial charge in [-0.3, -0.25) is 9.69 Å². The van der Waals surface area contributed by atoms with E-state index in [4.69, 9.17) is 0 Å². The van der Waals surface area contributed by atoms with Gasteiger partial charge in [-0.15, -0.1) is 11.3 Å². The zero-order chi connectivity index (χ0) is 17.9. The molecule has 1 amide bonds. The number of likely N-dealkylation sites (N-methyl/N-ethyl adjacent to an activating group) is 1. The van der Waals surface area contributed by atoms with Crippen molar-refractivity contribution in [2.45, 2.75) is 63.5 Å². The monoisotopic (exact) mass is 370 g/mol. The Labute approximate surface area is 161 Å². The smallest absolute Gasteiger partial charge is 0.227 e. The largest absolute Gasteiger partial charge is 0.341 e. The van der Waals surface area contributed by atoms with Gasteiger partial charge >= 0.3 is 0 Å². The Bertz CT molecular complexity index is 749. The van der Waals surface area contributed by atoms with E-state index in [0.29, 0.717) is 18.5 Å². The number of piperidine rings is 1. The SMILES string of the molecule is CN(C(=O)Cc1cccc2sccc12)[C@@H]1CCCC[C@H]1N1CCCCC1. The number of hydrogen-bond acceptors (Lipinski definition) is 3. The first kappa shape index (κ1) is 18.0. The highest BCUT2D eigenvalue weighted by atomic mass is 32.1. The van der Waals surface area contributed by atoms with Crippen molar-refractivity contribution in [1.29, 1.82) is 0 Å². The second-order valence-corrected chi connectivity index (χ2v) is 8.89. The van der Waals surface area contributed by atoms with Crippen molar-refractivity contribution in [3.8, 4) is 0 Å². The van der Waals surface area contributed by atoms with Gasteiger partial charge in [0, 0.05) is 23.8 Å². The van der Waals surface area contributed by atoms with E-state index in [0.717, 1.165) is 6.42 Å². The molecule has 1 saturated carbocycles. The third-order valence-electron chi connectivity index (χ3n) is 6.37. The first-order valence-electron chi connectivity index (χ1n) is 10.2. The molecule has 0 spiro atoms. The summed E-state index contributed by atoms with van der Waals surface area (Å²) in [5.74, 6) is 0.276. The van der Waals surface area contributed by atoms with Gasteiger partial charge in [0.15, 0.2) is 0 Å². The molecule has 1 aromatic heterocycles. The minimum absolute atomic E-state index is 0.276. The lowest BCUT2D eigenvalue weighted by atomic mass is 9.87. The third kappa shape index (κ3) is 3.67. The maximum absolute atomic E-state index is 13.1. The van der Waals surface area contributed by atoms with E-state index in [1.165, 1.54) is 67.3 Å². The van der Waals surface area contributed by atoms with Crippen LogP contribution in [0.25, 0.3) is 10.1 Å². The number of carbonyl (C=O) groups excluding carboxylic acids is 1. The summed E-state index contributed by atoms with van der Waals surface area (Å²) >= 11 is 1.75. The van der Waals surface area contributed by atoms with E-state index >= 15 is 0 Å². The van der Waals surface area contributed by atoms with Crippen molar-refractivity contribution in [2.75, 3.05) is 20.1 Å². The maximum atomic E-state index is 13.1. The summed E-state index contributed by atoms with van der Waals surface area (Å²) in [5, 5.41) is 3.37. The second-order valence-electron chi connectivity index (χ2n) is 7.95. The maximum Gasteiger partial charge on any atom is 0.227 e. The Morgan fingerprint density at radius 2 is 1.92 bits per heavy atom. The molecule has 3 nitrogen and oxygen atoms in total. The van der Waals surface area contributed by atoms with Crippen molar-refractivity contribution in [3.05, 3.63) is 35.2 Å². The number of hydrogen-bond donors (Lipinski definition) is 0. The van der Waals surface area contributed by atoms with Crippen LogP contribution >= 0.6 is 11.3 Å². The molecule has 4 rings (SSSR count). The summed E-state index contributed by atoms with van der Waals surface area (Å²) in [7, 11) is 2.04. The normalized spacial score (nSPS) is 24.7. The Morgan fingerprint density at radius 1 is 1.12 bits per heavy atom. The molecule has 2 aromatic rings. The van der Waals surface area contributed by atoms with Crippen molar-refractivity contribution in [2.24, 2.45) is 0 Å². The molecule has 2 atom stereocenters. The topological polar surface area (TPSA) is 23.6 Å². The van der Waals surface area contributed by atoms with Gasteiger partial charge in [0.05, 0.1) is 6.42 Å². The Balaban J connectivity index is 1.48. The molecule has 1 saturated heterocycles. The fourth-order valence-corrected chi connectivity index (χ4v) is 5.74.